The van der Waals surface area contributed by atoms with Crippen molar-refractivity contribution in [2.75, 3.05) is 18.5 Å². The third-order valence-electron chi connectivity index (χ3n) is 4.49. The van der Waals surface area contributed by atoms with Gasteiger partial charge in [0, 0.05) is 29.6 Å². The standard InChI is InChI=1S/C20H25N3O4/c1-3-15-11-18(24)23-19(21-15)14-6-4-7-16(10-14)22-20(25)13(2)27-12-17-8-5-9-26-17/h4,6-7,10-11,13,17H,3,5,8-9,12H2,1-2H3,(H,22,25)(H,21,23,24)/t13-,17+/m1/s1. The van der Waals surface area contributed by atoms with Crippen LogP contribution in [0.2, 0.25) is 0 Å². The van der Waals surface area contributed by atoms with Gasteiger partial charge >= 0.3 is 0 Å². The van der Waals surface area contributed by atoms with E-state index in [0.29, 0.717) is 24.5 Å². The first kappa shape index (κ1) is 19.3. The van der Waals surface area contributed by atoms with Gasteiger partial charge in [-0.05, 0) is 38.3 Å². The van der Waals surface area contributed by atoms with Crippen LogP contribution in [0.15, 0.2) is 35.1 Å². The second-order valence-corrected chi connectivity index (χ2v) is 6.62. The van der Waals surface area contributed by atoms with Crippen molar-refractivity contribution in [3.8, 4) is 11.4 Å². The molecule has 1 aliphatic heterocycles. The van der Waals surface area contributed by atoms with E-state index in [4.69, 9.17) is 9.47 Å². The van der Waals surface area contributed by atoms with Crippen molar-refractivity contribution in [3.05, 3.63) is 46.4 Å². The monoisotopic (exact) mass is 371 g/mol. The molecule has 2 atom stereocenters. The second kappa shape index (κ2) is 8.92. The summed E-state index contributed by atoms with van der Waals surface area (Å²) in [6.07, 6.45) is 2.18. The van der Waals surface area contributed by atoms with E-state index in [0.717, 1.165) is 30.7 Å². The van der Waals surface area contributed by atoms with Crippen LogP contribution < -0.4 is 10.9 Å². The Morgan fingerprint density at radius 2 is 2.30 bits per heavy atom. The molecule has 1 aromatic carbocycles. The van der Waals surface area contributed by atoms with Gasteiger partial charge < -0.3 is 19.8 Å². The highest BCUT2D eigenvalue weighted by molar-refractivity contribution is 5.94. The van der Waals surface area contributed by atoms with Crippen LogP contribution in [0.3, 0.4) is 0 Å². The van der Waals surface area contributed by atoms with E-state index in [9.17, 15) is 9.59 Å². The van der Waals surface area contributed by atoms with Gasteiger partial charge in [0.2, 0.25) is 0 Å². The van der Waals surface area contributed by atoms with Crippen molar-refractivity contribution in [2.24, 2.45) is 0 Å². The van der Waals surface area contributed by atoms with Gasteiger partial charge in [-0.1, -0.05) is 19.1 Å². The zero-order chi connectivity index (χ0) is 19.2. The van der Waals surface area contributed by atoms with E-state index in [1.165, 1.54) is 6.07 Å². The molecule has 27 heavy (non-hydrogen) atoms. The number of anilines is 1. The number of rotatable bonds is 7. The number of aryl methyl sites for hydroxylation is 1. The van der Waals surface area contributed by atoms with Gasteiger partial charge in [0.1, 0.15) is 11.9 Å². The number of aromatic nitrogens is 2. The van der Waals surface area contributed by atoms with Gasteiger partial charge in [0.25, 0.3) is 11.5 Å². The summed E-state index contributed by atoms with van der Waals surface area (Å²) < 4.78 is 11.1. The Balaban J connectivity index is 1.65. The average Bonchev–Trinajstić information content (AvgIpc) is 3.19. The molecule has 2 N–H and O–H groups in total. The topological polar surface area (TPSA) is 93.3 Å². The fraction of sp³-hybridized carbons (Fsp3) is 0.450. The van der Waals surface area contributed by atoms with Crippen molar-refractivity contribution in [3.63, 3.8) is 0 Å². The fourth-order valence-corrected chi connectivity index (χ4v) is 2.92. The van der Waals surface area contributed by atoms with Gasteiger partial charge in [-0.3, -0.25) is 9.59 Å². The van der Waals surface area contributed by atoms with Crippen LogP contribution in [-0.2, 0) is 20.7 Å². The molecule has 2 heterocycles. The van der Waals surface area contributed by atoms with Gasteiger partial charge in [-0.25, -0.2) is 4.98 Å². The summed E-state index contributed by atoms with van der Waals surface area (Å²) >= 11 is 0. The molecular formula is C20H25N3O4. The summed E-state index contributed by atoms with van der Waals surface area (Å²) in [5.74, 6) is 0.257. The van der Waals surface area contributed by atoms with E-state index < -0.39 is 6.10 Å². The molecule has 0 aliphatic carbocycles. The van der Waals surface area contributed by atoms with E-state index >= 15 is 0 Å². The molecule has 0 radical (unpaired) electrons. The lowest BCUT2D eigenvalue weighted by Crippen LogP contribution is -2.30. The molecule has 0 bridgehead atoms. The first-order valence-corrected chi connectivity index (χ1v) is 9.30. The number of hydrogen-bond acceptors (Lipinski definition) is 5. The molecule has 1 amide bonds. The molecular weight excluding hydrogens is 346 g/mol. The van der Waals surface area contributed by atoms with Gasteiger partial charge in [0.15, 0.2) is 0 Å². The summed E-state index contributed by atoms with van der Waals surface area (Å²) in [5, 5.41) is 2.85. The van der Waals surface area contributed by atoms with Crippen LogP contribution in [0.25, 0.3) is 11.4 Å². The van der Waals surface area contributed by atoms with Crippen LogP contribution in [-0.4, -0.2) is 41.3 Å². The minimum Gasteiger partial charge on any atom is -0.376 e. The maximum Gasteiger partial charge on any atom is 0.253 e. The SMILES string of the molecule is CCc1cc(=O)[nH]c(-c2cccc(NC(=O)[C@@H](C)OC[C@@H]3CCCO3)c2)n1. The number of nitrogens with one attached hydrogen (secondary N) is 2. The number of H-pyrrole nitrogens is 1. The lowest BCUT2D eigenvalue weighted by molar-refractivity contribution is -0.128. The summed E-state index contributed by atoms with van der Waals surface area (Å²) in [6.45, 7) is 4.85. The lowest BCUT2D eigenvalue weighted by atomic mass is 10.1. The minimum atomic E-state index is -0.584. The number of nitrogens with zero attached hydrogens (tertiary/aromatic N) is 1. The quantitative estimate of drug-likeness (QED) is 0.780. The third-order valence-corrected chi connectivity index (χ3v) is 4.49. The summed E-state index contributed by atoms with van der Waals surface area (Å²) in [7, 11) is 0. The molecule has 1 fully saturated rings. The van der Waals surface area contributed by atoms with Crippen molar-refractivity contribution in [1.82, 2.24) is 9.97 Å². The minimum absolute atomic E-state index is 0.0809. The highest BCUT2D eigenvalue weighted by Gasteiger charge is 2.20. The zero-order valence-electron chi connectivity index (χ0n) is 15.7. The van der Waals surface area contributed by atoms with Crippen molar-refractivity contribution in [1.29, 1.82) is 0 Å². The van der Waals surface area contributed by atoms with Gasteiger partial charge in [0.05, 0.1) is 12.7 Å². The van der Waals surface area contributed by atoms with Gasteiger partial charge in [-0.2, -0.15) is 0 Å². The predicted molar refractivity (Wildman–Crippen MR) is 103 cm³/mol. The van der Waals surface area contributed by atoms with Crippen molar-refractivity contribution >= 4 is 11.6 Å². The van der Waals surface area contributed by atoms with E-state index in [1.807, 2.05) is 13.0 Å². The van der Waals surface area contributed by atoms with E-state index in [-0.39, 0.29) is 17.6 Å². The number of amides is 1. The van der Waals surface area contributed by atoms with Crippen molar-refractivity contribution < 1.29 is 14.3 Å². The Kier molecular flexibility index (Phi) is 6.36. The highest BCUT2D eigenvalue weighted by Crippen LogP contribution is 2.19. The van der Waals surface area contributed by atoms with Crippen LogP contribution in [0.1, 0.15) is 32.4 Å². The summed E-state index contributed by atoms with van der Waals surface area (Å²) in [4.78, 5) is 31.3. The maximum atomic E-state index is 12.4. The molecule has 0 spiro atoms. The zero-order valence-corrected chi connectivity index (χ0v) is 15.7. The molecule has 0 saturated carbocycles. The Morgan fingerprint density at radius 1 is 1.44 bits per heavy atom. The number of carbonyl (C=O) groups is 1. The van der Waals surface area contributed by atoms with Crippen LogP contribution in [0.4, 0.5) is 5.69 Å². The maximum absolute atomic E-state index is 12.4. The third kappa shape index (κ3) is 5.24. The van der Waals surface area contributed by atoms with Crippen molar-refractivity contribution in [2.45, 2.75) is 45.3 Å². The average molecular weight is 371 g/mol. The number of hydrogen-bond donors (Lipinski definition) is 2. The van der Waals surface area contributed by atoms with Gasteiger partial charge in [-0.15, -0.1) is 0 Å². The molecule has 144 valence electrons. The predicted octanol–water partition coefficient (Wildman–Crippen LogP) is 2.52. The number of carbonyl (C=O) groups excluding carboxylic acids is 1. The Bertz CT molecular complexity index is 843. The van der Waals surface area contributed by atoms with E-state index in [1.54, 1.807) is 25.1 Å². The first-order chi connectivity index (χ1) is 13.0. The first-order valence-electron chi connectivity index (χ1n) is 9.30. The Hall–Kier alpha value is -2.51. The molecule has 1 aromatic heterocycles. The normalized spacial score (nSPS) is 17.6. The Morgan fingerprint density at radius 3 is 3.04 bits per heavy atom. The highest BCUT2D eigenvalue weighted by atomic mass is 16.5. The lowest BCUT2D eigenvalue weighted by Gasteiger charge is -2.16. The summed E-state index contributed by atoms with van der Waals surface area (Å²) in [6, 6.07) is 8.70. The smallest absolute Gasteiger partial charge is 0.253 e. The van der Waals surface area contributed by atoms with Crippen LogP contribution in [0.5, 0.6) is 0 Å². The molecule has 1 aliphatic rings. The molecule has 7 heteroatoms. The molecule has 3 rings (SSSR count). The molecule has 2 aromatic rings. The fourth-order valence-electron chi connectivity index (χ4n) is 2.92. The summed E-state index contributed by atoms with van der Waals surface area (Å²) in [5.41, 5.74) is 1.88. The Labute approximate surface area is 158 Å². The number of aromatic amines is 1. The molecule has 7 nitrogen and oxygen atoms in total. The number of benzene rings is 1. The van der Waals surface area contributed by atoms with Crippen LogP contribution >= 0.6 is 0 Å². The second-order valence-electron chi connectivity index (χ2n) is 6.62. The molecule has 0 unspecified atom stereocenters. The van der Waals surface area contributed by atoms with E-state index in [2.05, 4.69) is 15.3 Å². The number of ether oxygens (including phenoxy) is 2. The van der Waals surface area contributed by atoms with Crippen LogP contribution in [0, 0.1) is 0 Å². The molecule has 1 saturated heterocycles. The largest absolute Gasteiger partial charge is 0.376 e.